The summed E-state index contributed by atoms with van der Waals surface area (Å²) in [7, 11) is -0.787. The van der Waals surface area contributed by atoms with Crippen LogP contribution in [0.3, 0.4) is 0 Å². The highest BCUT2D eigenvalue weighted by molar-refractivity contribution is 7.84. The van der Waals surface area contributed by atoms with Crippen LogP contribution in [0.15, 0.2) is 0 Å². The largest absolute Gasteiger partial charge is 0.381 e. The fourth-order valence-corrected chi connectivity index (χ4v) is 2.20. The van der Waals surface area contributed by atoms with Gasteiger partial charge in [-0.05, 0) is 19.3 Å². The molecule has 0 aromatic carbocycles. The zero-order valence-electron chi connectivity index (χ0n) is 7.91. The van der Waals surface area contributed by atoms with Crippen LogP contribution in [0.25, 0.3) is 0 Å². The van der Waals surface area contributed by atoms with Crippen LogP contribution < -0.4 is 0 Å². The molecule has 3 nitrogen and oxygen atoms in total. The predicted molar refractivity (Wildman–Crippen MR) is 51.6 cm³/mol. The molecule has 0 radical (unpaired) electrons. The third-order valence-corrected chi connectivity index (χ3v) is 3.33. The van der Waals surface area contributed by atoms with Crippen molar-refractivity contribution in [3.05, 3.63) is 0 Å². The molecule has 1 rings (SSSR count). The second kappa shape index (κ2) is 4.73. The zero-order valence-corrected chi connectivity index (χ0v) is 8.73. The summed E-state index contributed by atoms with van der Waals surface area (Å²) < 4.78 is 16.1. The smallest absolute Gasteiger partial charge is 0.0691 e. The minimum Gasteiger partial charge on any atom is -0.381 e. The molecule has 0 aromatic rings. The van der Waals surface area contributed by atoms with Crippen molar-refractivity contribution in [1.82, 2.24) is 0 Å². The second-order valence-electron chi connectivity index (χ2n) is 3.53. The molecule has 1 unspecified atom stereocenters. The SMILES string of the molecule is CS(=O)CCC1(C#N)CCOCC1. The predicted octanol–water partition coefficient (Wildman–Crippen LogP) is 1.08. The van der Waals surface area contributed by atoms with Crippen LogP contribution in [-0.2, 0) is 15.5 Å². The van der Waals surface area contributed by atoms with E-state index in [1.807, 2.05) is 0 Å². The first-order chi connectivity index (χ1) is 6.18. The van der Waals surface area contributed by atoms with Crippen molar-refractivity contribution in [2.24, 2.45) is 5.41 Å². The molecule has 0 saturated carbocycles. The maximum absolute atomic E-state index is 10.9. The third-order valence-electron chi connectivity index (χ3n) is 2.56. The Morgan fingerprint density at radius 1 is 1.54 bits per heavy atom. The minimum absolute atomic E-state index is 0.260. The Kier molecular flexibility index (Phi) is 3.89. The van der Waals surface area contributed by atoms with Crippen LogP contribution in [0.5, 0.6) is 0 Å². The molecule has 74 valence electrons. The lowest BCUT2D eigenvalue weighted by atomic mass is 9.79. The normalized spacial score (nSPS) is 23.4. The molecule has 13 heavy (non-hydrogen) atoms. The van der Waals surface area contributed by atoms with Gasteiger partial charge in [0, 0.05) is 36.0 Å². The van der Waals surface area contributed by atoms with Crippen LogP contribution in [0.2, 0.25) is 0 Å². The number of rotatable bonds is 3. The van der Waals surface area contributed by atoms with Crippen molar-refractivity contribution >= 4 is 10.8 Å². The Labute approximate surface area is 81.5 Å². The lowest BCUT2D eigenvalue weighted by molar-refractivity contribution is 0.0394. The van der Waals surface area contributed by atoms with Gasteiger partial charge in [0.1, 0.15) is 0 Å². The van der Waals surface area contributed by atoms with Gasteiger partial charge in [0.2, 0.25) is 0 Å². The lowest BCUT2D eigenvalue weighted by Gasteiger charge is -2.30. The highest BCUT2D eigenvalue weighted by atomic mass is 32.2. The van der Waals surface area contributed by atoms with Gasteiger partial charge in [-0.3, -0.25) is 4.21 Å². The Hall–Kier alpha value is -0.400. The van der Waals surface area contributed by atoms with Gasteiger partial charge in [-0.15, -0.1) is 0 Å². The highest BCUT2D eigenvalue weighted by Crippen LogP contribution is 2.33. The molecule has 0 aromatic heterocycles. The number of hydrogen-bond donors (Lipinski definition) is 0. The minimum atomic E-state index is -0.787. The van der Waals surface area contributed by atoms with Crippen LogP contribution in [0.4, 0.5) is 0 Å². The van der Waals surface area contributed by atoms with Gasteiger partial charge < -0.3 is 4.74 Å². The van der Waals surface area contributed by atoms with Crippen LogP contribution >= 0.6 is 0 Å². The lowest BCUT2D eigenvalue weighted by Crippen LogP contribution is -2.29. The van der Waals surface area contributed by atoms with Crippen molar-refractivity contribution in [2.75, 3.05) is 25.2 Å². The van der Waals surface area contributed by atoms with E-state index in [2.05, 4.69) is 6.07 Å². The topological polar surface area (TPSA) is 50.1 Å². The summed E-state index contributed by atoms with van der Waals surface area (Å²) in [5, 5.41) is 9.05. The third kappa shape index (κ3) is 3.09. The molecule has 1 heterocycles. The van der Waals surface area contributed by atoms with E-state index in [9.17, 15) is 4.21 Å². The summed E-state index contributed by atoms with van der Waals surface area (Å²) in [4.78, 5) is 0. The zero-order chi connectivity index (χ0) is 9.73. The summed E-state index contributed by atoms with van der Waals surface area (Å²) in [6.45, 7) is 1.34. The highest BCUT2D eigenvalue weighted by Gasteiger charge is 2.32. The van der Waals surface area contributed by atoms with Gasteiger partial charge in [0.05, 0.1) is 11.5 Å². The standard InChI is InChI=1S/C9H15NO2S/c1-13(11)7-4-9(8-10)2-5-12-6-3-9/h2-7H2,1H3. The van der Waals surface area contributed by atoms with E-state index < -0.39 is 10.8 Å². The Morgan fingerprint density at radius 2 is 2.15 bits per heavy atom. The molecule has 1 fully saturated rings. The molecule has 0 amide bonds. The summed E-state index contributed by atoms with van der Waals surface area (Å²) in [5.41, 5.74) is -0.260. The van der Waals surface area contributed by atoms with Crippen molar-refractivity contribution < 1.29 is 8.95 Å². The molecule has 1 aliphatic heterocycles. The van der Waals surface area contributed by atoms with Crippen LogP contribution in [0, 0.1) is 16.7 Å². The molecule has 0 bridgehead atoms. The maximum atomic E-state index is 10.9. The van der Waals surface area contributed by atoms with Crippen LogP contribution in [0.1, 0.15) is 19.3 Å². The molecular formula is C9H15NO2S. The van der Waals surface area contributed by atoms with E-state index in [0.717, 1.165) is 19.3 Å². The van der Waals surface area contributed by atoms with E-state index in [1.54, 1.807) is 6.26 Å². The van der Waals surface area contributed by atoms with Gasteiger partial charge >= 0.3 is 0 Å². The average Bonchev–Trinajstić information content (AvgIpc) is 2.16. The summed E-state index contributed by atoms with van der Waals surface area (Å²) >= 11 is 0. The Bertz CT molecular complexity index is 228. The molecule has 4 heteroatoms. The van der Waals surface area contributed by atoms with E-state index in [0.29, 0.717) is 19.0 Å². The van der Waals surface area contributed by atoms with Gasteiger partial charge in [0.25, 0.3) is 0 Å². The Balaban J connectivity index is 2.49. The van der Waals surface area contributed by atoms with E-state index in [1.165, 1.54) is 0 Å². The van der Waals surface area contributed by atoms with E-state index in [4.69, 9.17) is 10.00 Å². The molecule has 0 spiro atoms. The van der Waals surface area contributed by atoms with Crippen molar-refractivity contribution in [2.45, 2.75) is 19.3 Å². The quantitative estimate of drug-likeness (QED) is 0.686. The summed E-state index contributed by atoms with van der Waals surface area (Å²) in [6, 6.07) is 2.36. The summed E-state index contributed by atoms with van der Waals surface area (Å²) in [6.07, 6.45) is 4.02. The van der Waals surface area contributed by atoms with Gasteiger partial charge in [0.15, 0.2) is 0 Å². The van der Waals surface area contributed by atoms with Gasteiger partial charge in [-0.1, -0.05) is 0 Å². The van der Waals surface area contributed by atoms with Crippen molar-refractivity contribution in [3.63, 3.8) is 0 Å². The molecule has 1 aliphatic rings. The number of ether oxygens (including phenoxy) is 1. The fourth-order valence-electron chi connectivity index (χ4n) is 1.52. The molecule has 1 atom stereocenters. The average molecular weight is 201 g/mol. The molecular weight excluding hydrogens is 186 g/mol. The van der Waals surface area contributed by atoms with E-state index >= 15 is 0 Å². The van der Waals surface area contributed by atoms with E-state index in [-0.39, 0.29) is 5.41 Å². The van der Waals surface area contributed by atoms with Crippen LogP contribution in [-0.4, -0.2) is 29.4 Å². The first-order valence-corrected chi connectivity index (χ1v) is 6.20. The fraction of sp³-hybridized carbons (Fsp3) is 0.889. The van der Waals surface area contributed by atoms with Crippen molar-refractivity contribution in [3.8, 4) is 6.07 Å². The number of hydrogen-bond acceptors (Lipinski definition) is 3. The first kappa shape index (κ1) is 10.7. The molecule has 0 aliphatic carbocycles. The first-order valence-electron chi connectivity index (χ1n) is 4.48. The van der Waals surface area contributed by atoms with Gasteiger partial charge in [-0.2, -0.15) is 5.26 Å². The molecule has 0 N–H and O–H groups in total. The van der Waals surface area contributed by atoms with Gasteiger partial charge in [-0.25, -0.2) is 0 Å². The second-order valence-corrected chi connectivity index (χ2v) is 5.09. The summed E-state index contributed by atoms with van der Waals surface area (Å²) in [5.74, 6) is 0.633. The van der Waals surface area contributed by atoms with Crippen molar-refractivity contribution in [1.29, 1.82) is 5.26 Å². The molecule has 1 saturated heterocycles. The maximum Gasteiger partial charge on any atom is 0.0691 e. The monoisotopic (exact) mass is 201 g/mol. The number of nitriles is 1. The number of nitrogens with zero attached hydrogens (tertiary/aromatic N) is 1. The Morgan fingerprint density at radius 3 is 2.62 bits per heavy atom.